The molecule has 2 aromatic heterocycles. The average Bonchev–Trinajstić information content (AvgIpc) is 3.47. The second kappa shape index (κ2) is 7.78. The highest BCUT2D eigenvalue weighted by Crippen LogP contribution is 2.28. The van der Waals surface area contributed by atoms with Gasteiger partial charge in [-0.1, -0.05) is 30.3 Å². The summed E-state index contributed by atoms with van der Waals surface area (Å²) in [4.78, 5) is 12.8. The van der Waals surface area contributed by atoms with Gasteiger partial charge in [-0.15, -0.1) is 0 Å². The van der Waals surface area contributed by atoms with Crippen molar-refractivity contribution in [3.63, 3.8) is 0 Å². The van der Waals surface area contributed by atoms with Crippen molar-refractivity contribution in [3.05, 3.63) is 83.6 Å². The molecule has 30 heavy (non-hydrogen) atoms. The van der Waals surface area contributed by atoms with E-state index < -0.39 is 0 Å². The molecule has 0 atom stereocenters. The summed E-state index contributed by atoms with van der Waals surface area (Å²) < 4.78 is 18.1. The molecule has 1 amide bonds. The van der Waals surface area contributed by atoms with Gasteiger partial charge in [0.05, 0.1) is 0 Å². The molecule has 5 nitrogen and oxygen atoms in total. The van der Waals surface area contributed by atoms with Gasteiger partial charge < -0.3 is 9.88 Å². The molecule has 1 aliphatic rings. The van der Waals surface area contributed by atoms with Crippen LogP contribution in [0.4, 0.5) is 4.39 Å². The molecule has 1 N–H and O–H groups in total. The number of para-hydroxylation sites is 2. The maximum absolute atomic E-state index is 14.3. The number of fused-ring (bicyclic) bond motifs is 2. The zero-order valence-corrected chi connectivity index (χ0v) is 16.6. The van der Waals surface area contributed by atoms with Crippen LogP contribution in [0.5, 0.6) is 0 Å². The number of halogens is 1. The van der Waals surface area contributed by atoms with Gasteiger partial charge in [0.25, 0.3) is 5.91 Å². The minimum Gasteiger partial charge on any atom is -0.351 e. The predicted octanol–water partition coefficient (Wildman–Crippen LogP) is 4.27. The fourth-order valence-electron chi connectivity index (χ4n) is 4.31. The van der Waals surface area contributed by atoms with Gasteiger partial charge in [0.2, 0.25) is 0 Å². The molecule has 0 spiro atoms. The van der Waals surface area contributed by atoms with Crippen molar-refractivity contribution in [1.29, 1.82) is 0 Å². The third-order valence-electron chi connectivity index (χ3n) is 5.77. The van der Waals surface area contributed by atoms with E-state index in [2.05, 4.69) is 39.4 Å². The summed E-state index contributed by atoms with van der Waals surface area (Å²) in [5.74, 6) is -0.513. The van der Waals surface area contributed by atoms with Crippen molar-refractivity contribution >= 4 is 16.8 Å². The lowest BCUT2D eigenvalue weighted by Gasteiger charge is -2.07. The third kappa shape index (κ3) is 3.28. The number of carbonyl (C=O) groups excluding carboxylic acids is 1. The van der Waals surface area contributed by atoms with E-state index in [-0.39, 0.29) is 11.7 Å². The first-order chi connectivity index (χ1) is 14.7. The van der Waals surface area contributed by atoms with E-state index in [1.807, 2.05) is 12.1 Å². The largest absolute Gasteiger partial charge is 0.351 e. The molecular formula is C24H23FN4O. The topological polar surface area (TPSA) is 51.9 Å². The minimum absolute atomic E-state index is 0.180. The van der Waals surface area contributed by atoms with Crippen LogP contribution in [0.2, 0.25) is 0 Å². The number of aromatic nitrogens is 3. The van der Waals surface area contributed by atoms with Crippen LogP contribution in [0, 0.1) is 5.82 Å². The summed E-state index contributed by atoms with van der Waals surface area (Å²) >= 11 is 0. The first-order valence-electron chi connectivity index (χ1n) is 10.4. The molecule has 2 aromatic carbocycles. The van der Waals surface area contributed by atoms with Gasteiger partial charge in [0, 0.05) is 36.1 Å². The normalized spacial score (nSPS) is 13.0. The maximum atomic E-state index is 14.3. The molecule has 0 aliphatic heterocycles. The maximum Gasteiger partial charge on any atom is 0.272 e. The quantitative estimate of drug-likeness (QED) is 0.490. The van der Waals surface area contributed by atoms with E-state index in [1.165, 1.54) is 17.0 Å². The molecule has 0 saturated carbocycles. The van der Waals surface area contributed by atoms with Crippen LogP contribution in [-0.2, 0) is 19.4 Å². The van der Waals surface area contributed by atoms with E-state index in [1.54, 1.807) is 22.9 Å². The molecule has 0 radical (unpaired) electrons. The van der Waals surface area contributed by atoms with Crippen LogP contribution in [0.1, 0.15) is 34.6 Å². The van der Waals surface area contributed by atoms with E-state index in [0.717, 1.165) is 43.5 Å². The van der Waals surface area contributed by atoms with Gasteiger partial charge in [-0.05, 0) is 55.3 Å². The Kier molecular flexibility index (Phi) is 4.83. The molecule has 0 fully saturated rings. The Morgan fingerprint density at radius 1 is 1.07 bits per heavy atom. The Morgan fingerprint density at radius 3 is 2.80 bits per heavy atom. The Labute approximate surface area is 174 Å². The van der Waals surface area contributed by atoms with E-state index >= 15 is 0 Å². The predicted molar refractivity (Wildman–Crippen MR) is 114 cm³/mol. The van der Waals surface area contributed by atoms with Crippen molar-refractivity contribution in [2.24, 2.45) is 0 Å². The molecule has 6 heteroatoms. The number of carbonyl (C=O) groups is 1. The van der Waals surface area contributed by atoms with E-state index in [4.69, 9.17) is 0 Å². The zero-order valence-electron chi connectivity index (χ0n) is 16.6. The first-order valence-corrected chi connectivity index (χ1v) is 10.4. The molecule has 5 rings (SSSR count). The second-order valence-corrected chi connectivity index (χ2v) is 7.67. The molecular weight excluding hydrogens is 379 g/mol. The van der Waals surface area contributed by atoms with E-state index in [0.29, 0.717) is 17.9 Å². The molecule has 4 aromatic rings. The number of benzene rings is 2. The molecule has 1 aliphatic carbocycles. The molecule has 0 bridgehead atoms. The highest BCUT2D eigenvalue weighted by atomic mass is 19.1. The highest BCUT2D eigenvalue weighted by molar-refractivity contribution is 5.94. The van der Waals surface area contributed by atoms with Crippen molar-refractivity contribution in [1.82, 2.24) is 19.7 Å². The lowest BCUT2D eigenvalue weighted by molar-refractivity contribution is 0.0946. The fraction of sp³-hybridized carbons (Fsp3) is 0.250. The Hall–Kier alpha value is -3.41. The summed E-state index contributed by atoms with van der Waals surface area (Å²) in [5.41, 5.74) is 3.92. The van der Waals surface area contributed by atoms with Gasteiger partial charge in [0.1, 0.15) is 11.5 Å². The minimum atomic E-state index is -0.333. The Balaban J connectivity index is 1.28. The van der Waals surface area contributed by atoms with Crippen LogP contribution in [0.3, 0.4) is 0 Å². The number of hydrogen-bond acceptors (Lipinski definition) is 2. The Morgan fingerprint density at radius 2 is 1.90 bits per heavy atom. The number of nitrogens with zero attached hydrogens (tertiary/aromatic N) is 3. The SMILES string of the molecule is O=C(NCCCn1ccc2ccccc21)c1nn(-c2ccccc2F)c2c1CCC2. The van der Waals surface area contributed by atoms with Crippen LogP contribution in [0.25, 0.3) is 16.6 Å². The smallest absolute Gasteiger partial charge is 0.272 e. The standard InChI is InChI=1S/C24H23FN4O/c25-19-9-2-4-11-22(19)29-21-12-5-8-18(21)23(27-29)24(30)26-14-6-15-28-16-13-17-7-1-3-10-20(17)28/h1-4,7,9-11,13,16H,5-6,8,12,14-15H2,(H,26,30). The van der Waals surface area contributed by atoms with Gasteiger partial charge in [0.15, 0.2) is 5.69 Å². The summed E-state index contributed by atoms with van der Waals surface area (Å²) in [5, 5.41) is 8.71. The number of nitrogens with one attached hydrogen (secondary N) is 1. The molecule has 152 valence electrons. The van der Waals surface area contributed by atoms with E-state index in [9.17, 15) is 9.18 Å². The monoisotopic (exact) mass is 402 g/mol. The molecule has 2 heterocycles. The highest BCUT2D eigenvalue weighted by Gasteiger charge is 2.27. The van der Waals surface area contributed by atoms with Crippen LogP contribution in [0.15, 0.2) is 60.8 Å². The van der Waals surface area contributed by atoms with Crippen LogP contribution >= 0.6 is 0 Å². The van der Waals surface area contributed by atoms with Gasteiger partial charge >= 0.3 is 0 Å². The number of hydrogen-bond donors (Lipinski definition) is 1. The number of amides is 1. The van der Waals surface area contributed by atoms with Gasteiger partial charge in [-0.3, -0.25) is 4.79 Å². The zero-order chi connectivity index (χ0) is 20.5. The molecule has 0 unspecified atom stereocenters. The van der Waals surface area contributed by atoms with Gasteiger partial charge in [-0.2, -0.15) is 5.10 Å². The summed E-state index contributed by atoms with van der Waals surface area (Å²) in [6.07, 6.45) is 5.48. The fourth-order valence-corrected chi connectivity index (χ4v) is 4.31. The summed E-state index contributed by atoms with van der Waals surface area (Å²) in [7, 11) is 0. The number of aryl methyl sites for hydroxylation is 1. The third-order valence-corrected chi connectivity index (χ3v) is 5.77. The van der Waals surface area contributed by atoms with Gasteiger partial charge in [-0.25, -0.2) is 9.07 Å². The first kappa shape index (κ1) is 18.6. The van der Waals surface area contributed by atoms with Crippen molar-refractivity contribution < 1.29 is 9.18 Å². The molecule has 0 saturated heterocycles. The van der Waals surface area contributed by atoms with Crippen molar-refractivity contribution in [3.8, 4) is 5.69 Å². The summed E-state index contributed by atoms with van der Waals surface area (Å²) in [6, 6.07) is 16.9. The van der Waals surface area contributed by atoms with Crippen molar-refractivity contribution in [2.75, 3.05) is 6.54 Å². The Bertz CT molecular complexity index is 1220. The second-order valence-electron chi connectivity index (χ2n) is 7.67. The number of rotatable bonds is 6. The summed E-state index contributed by atoms with van der Waals surface area (Å²) in [6.45, 7) is 1.39. The lowest BCUT2D eigenvalue weighted by Crippen LogP contribution is -2.26. The van der Waals surface area contributed by atoms with Crippen LogP contribution < -0.4 is 5.32 Å². The van der Waals surface area contributed by atoms with Crippen LogP contribution in [-0.4, -0.2) is 26.8 Å². The van der Waals surface area contributed by atoms with Crippen molar-refractivity contribution in [2.45, 2.75) is 32.2 Å². The average molecular weight is 402 g/mol. The lowest BCUT2D eigenvalue weighted by atomic mass is 10.2.